The molecule has 0 aliphatic heterocycles. The van der Waals surface area contributed by atoms with E-state index in [1.807, 2.05) is 92.2 Å². The van der Waals surface area contributed by atoms with E-state index in [1.54, 1.807) is 6.20 Å². The van der Waals surface area contributed by atoms with Crippen molar-refractivity contribution in [2.24, 2.45) is 7.05 Å². The Morgan fingerprint density at radius 3 is 2.52 bits per heavy atom. The molecule has 156 valence electrons. The lowest BCUT2D eigenvalue weighted by molar-refractivity contribution is -0.115. The molecule has 0 fully saturated rings. The second-order valence-corrected chi connectivity index (χ2v) is 8.37. The van der Waals surface area contributed by atoms with Crippen LogP contribution in [0.15, 0.2) is 78.1 Å². The van der Waals surface area contributed by atoms with Gasteiger partial charge in [-0.15, -0.1) is 10.2 Å². The molecular weight excluding hydrogens is 406 g/mol. The first-order valence-electron chi connectivity index (χ1n) is 9.93. The Balaban J connectivity index is 1.65. The minimum Gasteiger partial charge on any atom is -0.325 e. The summed E-state index contributed by atoms with van der Waals surface area (Å²) in [4.78, 5) is 17.7. The monoisotopic (exact) mass is 429 g/mol. The fourth-order valence-electron chi connectivity index (χ4n) is 3.21. The van der Waals surface area contributed by atoms with Crippen LogP contribution in [-0.2, 0) is 11.8 Å². The molecule has 0 saturated heterocycles. The number of pyridine rings is 1. The van der Waals surface area contributed by atoms with Crippen LogP contribution in [0.5, 0.6) is 0 Å². The van der Waals surface area contributed by atoms with Gasteiger partial charge in [0.15, 0.2) is 11.0 Å². The molecule has 4 rings (SSSR count). The van der Waals surface area contributed by atoms with Gasteiger partial charge in [0, 0.05) is 18.9 Å². The maximum Gasteiger partial charge on any atom is 0.242 e. The quantitative estimate of drug-likeness (QED) is 0.438. The van der Waals surface area contributed by atoms with Crippen LogP contribution in [0, 0.1) is 13.8 Å². The predicted molar refractivity (Wildman–Crippen MR) is 124 cm³/mol. The maximum atomic E-state index is 13.4. The fraction of sp³-hybridized carbons (Fsp3) is 0.167. The third-order valence-electron chi connectivity index (χ3n) is 4.94. The zero-order valence-corrected chi connectivity index (χ0v) is 18.4. The van der Waals surface area contributed by atoms with Crippen LogP contribution in [0.4, 0.5) is 5.69 Å². The van der Waals surface area contributed by atoms with E-state index in [1.165, 1.54) is 11.8 Å². The largest absolute Gasteiger partial charge is 0.325 e. The van der Waals surface area contributed by atoms with E-state index < -0.39 is 5.25 Å². The van der Waals surface area contributed by atoms with Gasteiger partial charge in [-0.25, -0.2) is 0 Å². The van der Waals surface area contributed by atoms with Crippen molar-refractivity contribution in [1.82, 2.24) is 19.7 Å². The van der Waals surface area contributed by atoms with Crippen molar-refractivity contribution in [2.45, 2.75) is 24.3 Å². The van der Waals surface area contributed by atoms with E-state index >= 15 is 0 Å². The number of aryl methyl sites for hydroxylation is 2. The van der Waals surface area contributed by atoms with Gasteiger partial charge in [-0.05, 0) is 48.7 Å². The topological polar surface area (TPSA) is 72.7 Å². The predicted octanol–water partition coefficient (Wildman–Crippen LogP) is 4.97. The Morgan fingerprint density at radius 1 is 1.00 bits per heavy atom. The van der Waals surface area contributed by atoms with Crippen molar-refractivity contribution in [3.05, 3.63) is 89.6 Å². The molecular formula is C24H23N5OS. The average molecular weight is 430 g/mol. The number of benzene rings is 2. The summed E-state index contributed by atoms with van der Waals surface area (Å²) in [7, 11) is 1.89. The molecule has 4 aromatic rings. The Morgan fingerprint density at radius 2 is 1.77 bits per heavy atom. The molecule has 1 unspecified atom stereocenters. The normalized spacial score (nSPS) is 11.8. The summed E-state index contributed by atoms with van der Waals surface area (Å²) >= 11 is 1.37. The van der Waals surface area contributed by atoms with Gasteiger partial charge in [0.2, 0.25) is 5.91 Å². The van der Waals surface area contributed by atoms with E-state index in [4.69, 9.17) is 0 Å². The average Bonchev–Trinajstić information content (AvgIpc) is 3.15. The third kappa shape index (κ3) is 4.67. The third-order valence-corrected chi connectivity index (χ3v) is 6.23. The number of anilines is 1. The highest BCUT2D eigenvalue weighted by Crippen LogP contribution is 2.36. The number of thioether (sulfide) groups is 1. The van der Waals surface area contributed by atoms with Crippen LogP contribution < -0.4 is 5.32 Å². The molecule has 2 aromatic carbocycles. The first-order valence-corrected chi connectivity index (χ1v) is 10.8. The number of nitrogens with zero attached hydrogens (tertiary/aromatic N) is 4. The van der Waals surface area contributed by atoms with Crippen LogP contribution in [0.25, 0.3) is 11.5 Å². The van der Waals surface area contributed by atoms with Crippen LogP contribution in [0.1, 0.15) is 21.9 Å². The summed E-state index contributed by atoms with van der Waals surface area (Å²) < 4.78 is 1.87. The van der Waals surface area contributed by atoms with Gasteiger partial charge in [0.1, 0.15) is 10.9 Å². The molecule has 0 aliphatic rings. The van der Waals surface area contributed by atoms with Crippen LogP contribution in [-0.4, -0.2) is 25.7 Å². The highest BCUT2D eigenvalue weighted by molar-refractivity contribution is 8.00. The van der Waals surface area contributed by atoms with Crippen molar-refractivity contribution < 1.29 is 4.79 Å². The molecule has 6 nitrogen and oxygen atoms in total. The van der Waals surface area contributed by atoms with E-state index in [0.29, 0.717) is 11.0 Å². The Labute approximate surface area is 185 Å². The number of nitrogens with one attached hydrogen (secondary N) is 1. The smallest absolute Gasteiger partial charge is 0.242 e. The fourth-order valence-corrected chi connectivity index (χ4v) is 4.21. The summed E-state index contributed by atoms with van der Waals surface area (Å²) in [6, 6.07) is 21.4. The second-order valence-electron chi connectivity index (χ2n) is 7.30. The van der Waals surface area contributed by atoms with Crippen LogP contribution >= 0.6 is 11.8 Å². The summed E-state index contributed by atoms with van der Waals surface area (Å²) in [5.41, 5.74) is 4.57. The Kier molecular flexibility index (Phi) is 6.13. The summed E-state index contributed by atoms with van der Waals surface area (Å²) in [6.45, 7) is 4.00. The number of carbonyl (C=O) groups excluding carboxylic acids is 1. The van der Waals surface area contributed by atoms with Gasteiger partial charge in [-0.3, -0.25) is 9.78 Å². The number of aromatic nitrogens is 4. The van der Waals surface area contributed by atoms with Gasteiger partial charge >= 0.3 is 0 Å². The van der Waals surface area contributed by atoms with Crippen molar-refractivity contribution in [3.8, 4) is 11.5 Å². The maximum absolute atomic E-state index is 13.4. The number of amides is 1. The van der Waals surface area contributed by atoms with Crippen LogP contribution in [0.2, 0.25) is 0 Å². The lowest BCUT2D eigenvalue weighted by atomic mass is 10.1. The molecule has 7 heteroatoms. The van der Waals surface area contributed by atoms with Crippen molar-refractivity contribution in [3.63, 3.8) is 0 Å². The first-order chi connectivity index (χ1) is 15.0. The van der Waals surface area contributed by atoms with Gasteiger partial charge < -0.3 is 9.88 Å². The molecule has 1 atom stereocenters. The lowest BCUT2D eigenvalue weighted by Crippen LogP contribution is -2.20. The SMILES string of the molecule is Cc1ccc(C)c(NC(=O)C(Sc2nnc(-c3ccccn3)n2C)c2ccccc2)c1. The number of carbonyl (C=O) groups is 1. The highest BCUT2D eigenvalue weighted by atomic mass is 32.2. The van der Waals surface area contributed by atoms with E-state index in [9.17, 15) is 4.79 Å². The summed E-state index contributed by atoms with van der Waals surface area (Å²) in [5.74, 6) is 0.553. The summed E-state index contributed by atoms with van der Waals surface area (Å²) in [6.07, 6.45) is 1.72. The zero-order chi connectivity index (χ0) is 21.8. The number of rotatable bonds is 6. The van der Waals surface area contributed by atoms with Crippen molar-refractivity contribution in [2.75, 3.05) is 5.32 Å². The van der Waals surface area contributed by atoms with E-state index in [0.717, 1.165) is 28.1 Å². The molecule has 0 aliphatic carbocycles. The molecule has 0 radical (unpaired) electrons. The minimum atomic E-state index is -0.486. The minimum absolute atomic E-state index is 0.104. The molecule has 1 N–H and O–H groups in total. The van der Waals surface area contributed by atoms with Crippen molar-refractivity contribution >= 4 is 23.4 Å². The van der Waals surface area contributed by atoms with Gasteiger partial charge in [0.25, 0.3) is 0 Å². The first kappa shape index (κ1) is 20.8. The molecule has 0 bridgehead atoms. The zero-order valence-electron chi connectivity index (χ0n) is 17.6. The van der Waals surface area contributed by atoms with Gasteiger partial charge in [-0.1, -0.05) is 60.3 Å². The van der Waals surface area contributed by atoms with Gasteiger partial charge in [0.05, 0.1) is 0 Å². The molecule has 0 spiro atoms. The lowest BCUT2D eigenvalue weighted by Gasteiger charge is -2.18. The van der Waals surface area contributed by atoms with E-state index in [-0.39, 0.29) is 5.91 Å². The molecule has 0 saturated carbocycles. The molecule has 31 heavy (non-hydrogen) atoms. The standard InChI is InChI=1S/C24H23N5OS/c1-16-12-13-17(2)20(15-16)26-23(30)21(18-9-5-4-6-10-18)31-24-28-27-22(29(24)3)19-11-7-8-14-25-19/h4-15,21H,1-3H3,(H,26,30). The number of hydrogen-bond donors (Lipinski definition) is 1. The molecule has 2 heterocycles. The van der Waals surface area contributed by atoms with Crippen molar-refractivity contribution in [1.29, 1.82) is 0 Å². The van der Waals surface area contributed by atoms with E-state index in [2.05, 4.69) is 20.5 Å². The molecule has 1 amide bonds. The Bertz CT molecular complexity index is 1190. The number of hydrogen-bond acceptors (Lipinski definition) is 5. The Hall–Kier alpha value is -3.45. The highest BCUT2D eigenvalue weighted by Gasteiger charge is 2.26. The van der Waals surface area contributed by atoms with Crippen LogP contribution in [0.3, 0.4) is 0 Å². The molecule has 2 aromatic heterocycles. The second kappa shape index (κ2) is 9.14. The van der Waals surface area contributed by atoms with Gasteiger partial charge in [-0.2, -0.15) is 0 Å². The summed E-state index contributed by atoms with van der Waals surface area (Å²) in [5, 5.41) is 11.9.